The Hall–Kier alpha value is -1.33. The molecular weight excluding hydrogens is 244 g/mol. The smallest absolute Gasteiger partial charge is 0.184 e. The Morgan fingerprint density at radius 1 is 1.21 bits per heavy atom. The number of methoxy groups -OCH3 is 2. The SMILES string of the molecule is CCC(N)(CC)COCc1nccc(OC)c1OC. The van der Waals surface area contributed by atoms with E-state index in [4.69, 9.17) is 19.9 Å². The third kappa shape index (κ3) is 4.08. The molecule has 1 rings (SSSR count). The molecule has 1 aromatic rings. The lowest BCUT2D eigenvalue weighted by molar-refractivity contribution is 0.0663. The van der Waals surface area contributed by atoms with Gasteiger partial charge in [-0.15, -0.1) is 0 Å². The van der Waals surface area contributed by atoms with Gasteiger partial charge in [-0.25, -0.2) is 0 Å². The van der Waals surface area contributed by atoms with Crippen LogP contribution in [0.15, 0.2) is 12.3 Å². The average molecular weight is 268 g/mol. The number of ether oxygens (including phenoxy) is 3. The van der Waals surface area contributed by atoms with Crippen molar-refractivity contribution in [1.29, 1.82) is 0 Å². The maximum Gasteiger partial charge on any atom is 0.184 e. The van der Waals surface area contributed by atoms with E-state index in [1.165, 1.54) is 0 Å². The van der Waals surface area contributed by atoms with Crippen LogP contribution in [0, 0.1) is 0 Å². The lowest BCUT2D eigenvalue weighted by Crippen LogP contribution is -2.43. The van der Waals surface area contributed by atoms with Gasteiger partial charge in [0.2, 0.25) is 0 Å². The first-order valence-electron chi connectivity index (χ1n) is 6.52. The monoisotopic (exact) mass is 268 g/mol. The van der Waals surface area contributed by atoms with Crippen molar-refractivity contribution in [2.75, 3.05) is 20.8 Å². The molecule has 0 saturated carbocycles. The summed E-state index contributed by atoms with van der Waals surface area (Å²) in [6.45, 7) is 5.00. The summed E-state index contributed by atoms with van der Waals surface area (Å²) in [6, 6.07) is 1.76. The third-order valence-electron chi connectivity index (χ3n) is 3.40. The van der Waals surface area contributed by atoms with E-state index in [0.29, 0.717) is 24.7 Å². The molecule has 0 aliphatic heterocycles. The summed E-state index contributed by atoms with van der Waals surface area (Å²) in [5.74, 6) is 1.27. The summed E-state index contributed by atoms with van der Waals surface area (Å²) < 4.78 is 16.2. The fourth-order valence-corrected chi connectivity index (χ4v) is 1.76. The van der Waals surface area contributed by atoms with E-state index in [2.05, 4.69) is 18.8 Å². The molecule has 19 heavy (non-hydrogen) atoms. The Balaban J connectivity index is 2.68. The van der Waals surface area contributed by atoms with E-state index in [9.17, 15) is 0 Å². The van der Waals surface area contributed by atoms with Crippen LogP contribution in [0.4, 0.5) is 0 Å². The summed E-state index contributed by atoms with van der Waals surface area (Å²) >= 11 is 0. The third-order valence-corrected chi connectivity index (χ3v) is 3.40. The molecule has 0 radical (unpaired) electrons. The summed E-state index contributed by atoms with van der Waals surface area (Å²) in [5, 5.41) is 0. The van der Waals surface area contributed by atoms with Crippen molar-refractivity contribution in [3.05, 3.63) is 18.0 Å². The molecule has 0 unspecified atom stereocenters. The molecule has 108 valence electrons. The van der Waals surface area contributed by atoms with Gasteiger partial charge in [-0.1, -0.05) is 13.8 Å². The maximum atomic E-state index is 6.19. The second kappa shape index (κ2) is 7.31. The molecule has 0 saturated heterocycles. The summed E-state index contributed by atoms with van der Waals surface area (Å²) in [5.41, 5.74) is 6.63. The lowest BCUT2D eigenvalue weighted by atomic mass is 9.96. The molecule has 2 N–H and O–H groups in total. The van der Waals surface area contributed by atoms with Gasteiger partial charge in [0.25, 0.3) is 0 Å². The molecular formula is C14H24N2O3. The maximum absolute atomic E-state index is 6.19. The van der Waals surface area contributed by atoms with E-state index < -0.39 is 0 Å². The van der Waals surface area contributed by atoms with Gasteiger partial charge in [0.15, 0.2) is 11.5 Å². The zero-order valence-electron chi connectivity index (χ0n) is 12.2. The van der Waals surface area contributed by atoms with Gasteiger partial charge in [0.1, 0.15) is 5.69 Å². The van der Waals surface area contributed by atoms with Crippen LogP contribution < -0.4 is 15.2 Å². The number of aromatic nitrogens is 1. The first-order valence-corrected chi connectivity index (χ1v) is 6.52. The number of pyridine rings is 1. The highest BCUT2D eigenvalue weighted by atomic mass is 16.5. The molecule has 5 nitrogen and oxygen atoms in total. The summed E-state index contributed by atoms with van der Waals surface area (Å²) in [6.07, 6.45) is 3.44. The first kappa shape index (κ1) is 15.7. The Bertz CT molecular complexity index is 392. The number of nitrogens with two attached hydrogens (primary N) is 1. The van der Waals surface area contributed by atoms with Crippen LogP contribution in [0.3, 0.4) is 0 Å². The zero-order chi connectivity index (χ0) is 14.3. The number of nitrogens with zero attached hydrogens (tertiary/aromatic N) is 1. The quantitative estimate of drug-likeness (QED) is 0.782. The highest BCUT2D eigenvalue weighted by Crippen LogP contribution is 2.29. The van der Waals surface area contributed by atoms with Crippen molar-refractivity contribution in [3.63, 3.8) is 0 Å². The molecule has 0 fully saturated rings. The Morgan fingerprint density at radius 2 is 1.89 bits per heavy atom. The summed E-state index contributed by atoms with van der Waals surface area (Å²) in [7, 11) is 3.19. The molecule has 5 heteroatoms. The summed E-state index contributed by atoms with van der Waals surface area (Å²) in [4.78, 5) is 4.26. The number of hydrogen-bond donors (Lipinski definition) is 1. The van der Waals surface area contributed by atoms with Crippen LogP contribution in [0.1, 0.15) is 32.4 Å². The van der Waals surface area contributed by atoms with Gasteiger partial charge in [-0.2, -0.15) is 0 Å². The molecule has 0 bridgehead atoms. The van der Waals surface area contributed by atoms with Crippen molar-refractivity contribution in [3.8, 4) is 11.5 Å². The van der Waals surface area contributed by atoms with Gasteiger partial charge >= 0.3 is 0 Å². The number of rotatable bonds is 8. The first-order chi connectivity index (χ1) is 9.10. The lowest BCUT2D eigenvalue weighted by Gasteiger charge is -2.26. The van der Waals surface area contributed by atoms with E-state index in [0.717, 1.165) is 18.5 Å². The topological polar surface area (TPSA) is 66.6 Å². The molecule has 0 atom stereocenters. The molecule has 0 aliphatic carbocycles. The molecule has 0 spiro atoms. The molecule has 1 heterocycles. The average Bonchev–Trinajstić information content (AvgIpc) is 2.46. The van der Waals surface area contributed by atoms with E-state index in [1.807, 2.05) is 0 Å². The second-order valence-corrected chi connectivity index (χ2v) is 4.56. The van der Waals surface area contributed by atoms with Gasteiger partial charge in [-0.05, 0) is 12.8 Å². The van der Waals surface area contributed by atoms with Gasteiger partial charge in [-0.3, -0.25) is 4.98 Å². The molecule has 1 aromatic heterocycles. The largest absolute Gasteiger partial charge is 0.493 e. The number of hydrogen-bond acceptors (Lipinski definition) is 5. The van der Waals surface area contributed by atoms with Gasteiger partial charge < -0.3 is 19.9 Å². The van der Waals surface area contributed by atoms with Crippen LogP contribution in [0.2, 0.25) is 0 Å². The van der Waals surface area contributed by atoms with Crippen LogP contribution in [0.5, 0.6) is 11.5 Å². The highest BCUT2D eigenvalue weighted by Gasteiger charge is 2.21. The van der Waals surface area contributed by atoms with Gasteiger partial charge in [0, 0.05) is 17.8 Å². The van der Waals surface area contributed by atoms with E-state index in [1.54, 1.807) is 26.5 Å². The van der Waals surface area contributed by atoms with E-state index in [-0.39, 0.29) is 5.54 Å². The predicted molar refractivity (Wildman–Crippen MR) is 74.5 cm³/mol. The van der Waals surface area contributed by atoms with Crippen LogP contribution >= 0.6 is 0 Å². The van der Waals surface area contributed by atoms with Crippen molar-refractivity contribution < 1.29 is 14.2 Å². The van der Waals surface area contributed by atoms with Crippen LogP contribution in [-0.2, 0) is 11.3 Å². The normalized spacial score (nSPS) is 11.4. The van der Waals surface area contributed by atoms with Crippen LogP contribution in [-0.4, -0.2) is 31.3 Å². The minimum atomic E-state index is -0.272. The van der Waals surface area contributed by atoms with Crippen molar-refractivity contribution >= 4 is 0 Å². The van der Waals surface area contributed by atoms with Crippen LogP contribution in [0.25, 0.3) is 0 Å². The Labute approximate surface area is 115 Å². The fraction of sp³-hybridized carbons (Fsp3) is 0.643. The van der Waals surface area contributed by atoms with Crippen molar-refractivity contribution in [2.45, 2.75) is 38.8 Å². The minimum Gasteiger partial charge on any atom is -0.493 e. The highest BCUT2D eigenvalue weighted by molar-refractivity contribution is 5.42. The predicted octanol–water partition coefficient (Wildman–Crippen LogP) is 2.13. The molecule has 0 aromatic carbocycles. The van der Waals surface area contributed by atoms with Gasteiger partial charge in [0.05, 0.1) is 27.4 Å². The van der Waals surface area contributed by atoms with Crippen molar-refractivity contribution in [1.82, 2.24) is 4.98 Å². The molecule has 0 aliphatic rings. The van der Waals surface area contributed by atoms with E-state index >= 15 is 0 Å². The second-order valence-electron chi connectivity index (χ2n) is 4.56. The zero-order valence-corrected chi connectivity index (χ0v) is 12.2. The molecule has 0 amide bonds. The Kier molecular flexibility index (Phi) is 6.05. The minimum absolute atomic E-state index is 0.272. The Morgan fingerprint density at radius 3 is 2.42 bits per heavy atom. The fourth-order valence-electron chi connectivity index (χ4n) is 1.76. The standard InChI is InChI=1S/C14H24N2O3/c1-5-14(15,6-2)10-19-9-11-13(18-4)12(17-3)7-8-16-11/h7-8H,5-6,9-10,15H2,1-4H3. The van der Waals surface area contributed by atoms with Crippen molar-refractivity contribution in [2.24, 2.45) is 5.73 Å².